The van der Waals surface area contributed by atoms with Crippen molar-refractivity contribution in [3.8, 4) is 0 Å². The first-order chi connectivity index (χ1) is 8.31. The van der Waals surface area contributed by atoms with E-state index < -0.39 is 0 Å². The van der Waals surface area contributed by atoms with Gasteiger partial charge in [0.15, 0.2) is 0 Å². The molecule has 2 aliphatic rings. The van der Waals surface area contributed by atoms with E-state index in [1.54, 1.807) is 0 Å². The van der Waals surface area contributed by atoms with Crippen molar-refractivity contribution in [2.75, 3.05) is 5.73 Å². The van der Waals surface area contributed by atoms with Crippen LogP contribution in [0.5, 0.6) is 0 Å². The van der Waals surface area contributed by atoms with E-state index in [9.17, 15) is 0 Å². The zero-order chi connectivity index (χ0) is 11.8. The van der Waals surface area contributed by atoms with Crippen molar-refractivity contribution in [2.45, 2.75) is 56.9 Å². The Kier molecular flexibility index (Phi) is 2.69. The number of hydrogen-bond donors (Lipinski definition) is 1. The lowest BCUT2D eigenvalue weighted by Crippen LogP contribution is -2.06. The Morgan fingerprint density at radius 3 is 2.53 bits per heavy atom. The van der Waals surface area contributed by atoms with Crippen LogP contribution in [0, 0.1) is 0 Å². The Labute approximate surface area is 103 Å². The van der Waals surface area contributed by atoms with E-state index in [1.165, 1.54) is 50.0 Å². The quantitative estimate of drug-likeness (QED) is 0.809. The summed E-state index contributed by atoms with van der Waals surface area (Å²) in [7, 11) is 0. The maximum Gasteiger partial charge on any atom is 0.127 e. The predicted molar refractivity (Wildman–Crippen MR) is 70.0 cm³/mol. The topological polar surface area (TPSA) is 43.8 Å². The van der Waals surface area contributed by atoms with Crippen LogP contribution in [-0.2, 0) is 6.54 Å². The summed E-state index contributed by atoms with van der Waals surface area (Å²) >= 11 is 0. The van der Waals surface area contributed by atoms with Crippen LogP contribution in [0.1, 0.15) is 61.9 Å². The molecule has 1 aromatic heterocycles. The second kappa shape index (κ2) is 4.21. The maximum absolute atomic E-state index is 6.29. The molecule has 0 aromatic carbocycles. The minimum Gasteiger partial charge on any atom is -0.384 e. The third kappa shape index (κ3) is 1.88. The first-order valence-corrected chi connectivity index (χ1v) is 6.78. The lowest BCUT2D eigenvalue weighted by Gasteiger charge is -2.08. The lowest BCUT2D eigenvalue weighted by atomic mass is 10.0. The predicted octanol–water partition coefficient (Wildman–Crippen LogP) is 3.19. The number of allylic oxidation sites excluding steroid dienone is 1. The van der Waals surface area contributed by atoms with Gasteiger partial charge in [-0.3, -0.25) is 0 Å². The highest BCUT2D eigenvalue weighted by molar-refractivity contribution is 5.42. The minimum atomic E-state index is 0.610. The van der Waals surface area contributed by atoms with Crippen molar-refractivity contribution in [1.82, 2.24) is 9.55 Å². The van der Waals surface area contributed by atoms with Crippen LogP contribution < -0.4 is 5.73 Å². The Hall–Kier alpha value is -1.25. The third-order valence-corrected chi connectivity index (χ3v) is 4.06. The molecule has 2 aliphatic carbocycles. The normalized spacial score (nSPS) is 20.9. The van der Waals surface area contributed by atoms with Crippen LogP contribution in [0.2, 0.25) is 0 Å². The molecule has 2 fully saturated rings. The first kappa shape index (κ1) is 10.9. The molecule has 0 bridgehead atoms. The molecule has 3 rings (SSSR count). The van der Waals surface area contributed by atoms with E-state index in [0.717, 1.165) is 12.4 Å². The molecule has 1 aromatic rings. The number of hydrogen-bond acceptors (Lipinski definition) is 2. The zero-order valence-corrected chi connectivity index (χ0v) is 10.4. The summed E-state index contributed by atoms with van der Waals surface area (Å²) < 4.78 is 2.18. The van der Waals surface area contributed by atoms with Gasteiger partial charge in [-0.05, 0) is 25.7 Å². The van der Waals surface area contributed by atoms with E-state index in [2.05, 4.69) is 11.1 Å². The van der Waals surface area contributed by atoms with E-state index in [1.807, 2.05) is 6.08 Å². The number of nitrogens with two attached hydrogens (primary N) is 1. The van der Waals surface area contributed by atoms with Gasteiger partial charge in [0.2, 0.25) is 0 Å². The molecule has 0 amide bonds. The van der Waals surface area contributed by atoms with Gasteiger partial charge in [-0.15, -0.1) is 6.58 Å². The molecule has 2 saturated carbocycles. The smallest absolute Gasteiger partial charge is 0.127 e. The highest BCUT2D eigenvalue weighted by Gasteiger charge is 2.32. The summed E-state index contributed by atoms with van der Waals surface area (Å²) in [4.78, 5) is 4.86. The lowest BCUT2D eigenvalue weighted by molar-refractivity contribution is 0.701. The van der Waals surface area contributed by atoms with Gasteiger partial charge in [-0.2, -0.15) is 0 Å². The average Bonchev–Trinajstić information content (AvgIpc) is 2.92. The number of anilines is 1. The highest BCUT2D eigenvalue weighted by Crippen LogP contribution is 2.43. The molecule has 0 unspecified atom stereocenters. The van der Waals surface area contributed by atoms with Crippen LogP contribution in [0.4, 0.5) is 5.82 Å². The minimum absolute atomic E-state index is 0.610. The van der Waals surface area contributed by atoms with Gasteiger partial charge in [0.05, 0.1) is 5.69 Å². The Morgan fingerprint density at radius 1 is 1.24 bits per heavy atom. The first-order valence-electron chi connectivity index (χ1n) is 6.78. The molecule has 0 spiro atoms. The summed E-state index contributed by atoms with van der Waals surface area (Å²) in [6.45, 7) is 4.62. The van der Waals surface area contributed by atoms with Gasteiger partial charge in [0.1, 0.15) is 11.6 Å². The van der Waals surface area contributed by atoms with Crippen LogP contribution in [0.3, 0.4) is 0 Å². The van der Waals surface area contributed by atoms with Crippen molar-refractivity contribution < 1.29 is 0 Å². The average molecular weight is 231 g/mol. The fourth-order valence-electron chi connectivity index (χ4n) is 2.98. The summed E-state index contributed by atoms with van der Waals surface area (Å²) in [5, 5.41) is 0. The second-order valence-corrected chi connectivity index (χ2v) is 5.40. The second-order valence-electron chi connectivity index (χ2n) is 5.40. The van der Waals surface area contributed by atoms with Gasteiger partial charge in [0.25, 0.3) is 0 Å². The number of rotatable bonds is 4. The molecule has 0 radical (unpaired) electrons. The summed E-state index contributed by atoms with van der Waals surface area (Å²) in [6.07, 6.45) is 9.66. The molecule has 0 saturated heterocycles. The maximum atomic E-state index is 6.29. The summed E-state index contributed by atoms with van der Waals surface area (Å²) in [6, 6.07) is 0. The van der Waals surface area contributed by atoms with Crippen molar-refractivity contribution in [1.29, 1.82) is 0 Å². The van der Waals surface area contributed by atoms with Crippen molar-refractivity contribution in [3.63, 3.8) is 0 Å². The summed E-state index contributed by atoms with van der Waals surface area (Å²) in [5.41, 5.74) is 7.46. The molecule has 0 aliphatic heterocycles. The molecule has 92 valence electrons. The van der Waals surface area contributed by atoms with Gasteiger partial charge in [0, 0.05) is 18.4 Å². The highest BCUT2D eigenvalue weighted by atomic mass is 15.1. The molecule has 3 nitrogen and oxygen atoms in total. The van der Waals surface area contributed by atoms with Crippen molar-refractivity contribution >= 4 is 5.82 Å². The molecule has 1 heterocycles. The van der Waals surface area contributed by atoms with Crippen LogP contribution in [0.25, 0.3) is 0 Å². The Balaban J connectivity index is 1.97. The van der Waals surface area contributed by atoms with Crippen LogP contribution in [0.15, 0.2) is 12.7 Å². The fraction of sp³-hybridized carbons (Fsp3) is 0.643. The van der Waals surface area contributed by atoms with E-state index in [4.69, 9.17) is 10.7 Å². The Morgan fingerprint density at radius 2 is 1.94 bits per heavy atom. The number of nitrogens with zero attached hydrogens (tertiary/aromatic N) is 2. The number of imidazole rings is 1. The fourth-order valence-corrected chi connectivity index (χ4v) is 2.98. The summed E-state index contributed by atoms with van der Waals surface area (Å²) in [5.74, 6) is 3.38. The van der Waals surface area contributed by atoms with E-state index in [-0.39, 0.29) is 0 Å². The number of nitrogen functional groups attached to an aromatic ring is 1. The van der Waals surface area contributed by atoms with Crippen molar-refractivity contribution in [3.05, 3.63) is 24.2 Å². The van der Waals surface area contributed by atoms with E-state index in [0.29, 0.717) is 11.8 Å². The third-order valence-electron chi connectivity index (χ3n) is 4.06. The molecule has 0 atom stereocenters. The number of aromatic nitrogens is 2. The molecule has 2 N–H and O–H groups in total. The molecular weight excluding hydrogens is 210 g/mol. The van der Waals surface area contributed by atoms with E-state index >= 15 is 0 Å². The van der Waals surface area contributed by atoms with Crippen molar-refractivity contribution in [2.24, 2.45) is 0 Å². The Bertz CT molecular complexity index is 423. The van der Waals surface area contributed by atoms with Crippen LogP contribution >= 0.6 is 0 Å². The van der Waals surface area contributed by atoms with Gasteiger partial charge >= 0.3 is 0 Å². The largest absolute Gasteiger partial charge is 0.384 e. The van der Waals surface area contributed by atoms with Gasteiger partial charge in [-0.25, -0.2) is 4.98 Å². The van der Waals surface area contributed by atoms with Crippen LogP contribution in [-0.4, -0.2) is 9.55 Å². The van der Waals surface area contributed by atoms with Gasteiger partial charge in [-0.1, -0.05) is 18.9 Å². The van der Waals surface area contributed by atoms with Gasteiger partial charge < -0.3 is 10.3 Å². The standard InChI is InChI=1S/C14H21N3/c1-2-9-17-13(15)12(10-5-3-4-6-10)16-14(17)11-7-8-11/h2,10-11H,1,3-9,15H2. The zero-order valence-electron chi connectivity index (χ0n) is 10.4. The molecular formula is C14H21N3. The SMILES string of the molecule is C=CCn1c(C2CC2)nc(C2CCCC2)c1N. The molecule has 3 heteroatoms. The monoisotopic (exact) mass is 231 g/mol. The molecule has 17 heavy (non-hydrogen) atoms.